The van der Waals surface area contributed by atoms with Crippen molar-refractivity contribution in [2.45, 2.75) is 6.92 Å². The predicted octanol–water partition coefficient (Wildman–Crippen LogP) is 4.84. The predicted molar refractivity (Wildman–Crippen MR) is 93.7 cm³/mol. The molecule has 0 aromatic heterocycles. The lowest BCUT2D eigenvalue weighted by atomic mass is 10.1. The zero-order valence-corrected chi connectivity index (χ0v) is 14.9. The largest absolute Gasteiger partial charge is 0.506 e. The summed E-state index contributed by atoms with van der Waals surface area (Å²) in [6.45, 7) is 1.28. The van der Waals surface area contributed by atoms with E-state index in [2.05, 4.69) is 4.99 Å². The maximum Gasteiger partial charge on any atom is 0.343 e. The molecule has 2 rings (SSSR count). The molecule has 0 aliphatic rings. The van der Waals surface area contributed by atoms with Gasteiger partial charge in [-0.2, -0.15) is 0 Å². The first-order chi connectivity index (χ1) is 13.2. The van der Waals surface area contributed by atoms with Crippen molar-refractivity contribution in [3.63, 3.8) is 0 Å². The number of rotatable bonds is 5. The second-order valence-corrected chi connectivity index (χ2v) is 5.66. The smallest absolute Gasteiger partial charge is 0.343 e. The fourth-order valence-electron chi connectivity index (χ4n) is 2.04. The average Bonchev–Trinajstić information content (AvgIpc) is 2.65. The number of aliphatic hydroxyl groups excluding tert-OH is 1. The second-order valence-electron chi connectivity index (χ2n) is 5.22. The van der Waals surface area contributed by atoms with Crippen LogP contribution in [0.1, 0.15) is 12.5 Å². The zero-order chi connectivity index (χ0) is 21.0. The molecule has 148 valence electrons. The fourth-order valence-corrected chi connectivity index (χ4v) is 2.21. The van der Waals surface area contributed by atoms with Crippen molar-refractivity contribution in [1.29, 1.82) is 0 Å². The van der Waals surface area contributed by atoms with Gasteiger partial charge in [0.25, 0.3) is 0 Å². The van der Waals surface area contributed by atoms with Crippen molar-refractivity contribution in [2.24, 2.45) is 4.99 Å². The quantitative estimate of drug-likeness (QED) is 0.139. The number of ether oxygens (including phenoxy) is 1. The molecule has 2 aromatic rings. The SMILES string of the molecule is CCOC(=O)C(C=Nc1cc(Cl)ccc1O)=C(O)c1cc(F)c(F)c(F)c1F. The molecule has 0 amide bonds. The Morgan fingerprint density at radius 1 is 1.18 bits per heavy atom. The Balaban J connectivity index is 2.64. The Morgan fingerprint density at radius 2 is 1.86 bits per heavy atom. The highest BCUT2D eigenvalue weighted by Crippen LogP contribution is 2.30. The second kappa shape index (κ2) is 8.75. The summed E-state index contributed by atoms with van der Waals surface area (Å²) in [6.07, 6.45) is 0.678. The first kappa shape index (κ1) is 21.2. The summed E-state index contributed by atoms with van der Waals surface area (Å²) in [5.41, 5.74) is -2.05. The average molecular weight is 418 g/mol. The van der Waals surface area contributed by atoms with Crippen LogP contribution in [0.3, 0.4) is 0 Å². The first-order valence-corrected chi connectivity index (χ1v) is 8.01. The number of phenols is 1. The van der Waals surface area contributed by atoms with Crippen LogP contribution in [0, 0.1) is 23.3 Å². The number of benzene rings is 2. The van der Waals surface area contributed by atoms with Crippen LogP contribution in [0.5, 0.6) is 5.75 Å². The van der Waals surface area contributed by atoms with E-state index in [1.165, 1.54) is 25.1 Å². The monoisotopic (exact) mass is 417 g/mol. The number of aliphatic hydroxyl groups is 1. The topological polar surface area (TPSA) is 79.1 Å². The number of aromatic hydroxyl groups is 1. The van der Waals surface area contributed by atoms with Crippen molar-refractivity contribution < 1.29 is 37.3 Å². The van der Waals surface area contributed by atoms with Gasteiger partial charge in [-0.25, -0.2) is 22.4 Å². The third-order valence-electron chi connectivity index (χ3n) is 3.38. The molecule has 0 bridgehead atoms. The van der Waals surface area contributed by atoms with Gasteiger partial charge in [-0.1, -0.05) is 11.6 Å². The number of phenolic OH excluding ortho intramolecular Hbond substituents is 1. The van der Waals surface area contributed by atoms with E-state index in [1.54, 1.807) is 0 Å². The lowest BCUT2D eigenvalue weighted by molar-refractivity contribution is -0.137. The van der Waals surface area contributed by atoms with Gasteiger partial charge >= 0.3 is 5.97 Å². The van der Waals surface area contributed by atoms with Gasteiger partial charge in [0.15, 0.2) is 23.3 Å². The summed E-state index contributed by atoms with van der Waals surface area (Å²) in [5, 5.41) is 20.1. The summed E-state index contributed by atoms with van der Waals surface area (Å²) in [4.78, 5) is 15.8. The standard InChI is InChI=1S/C18H12ClF4NO4/c1-2-28-18(27)10(7-24-12-5-8(19)3-4-13(12)25)17(26)9-6-11(20)15(22)16(23)14(9)21/h3-7,25-26H,2H2,1H3. The summed E-state index contributed by atoms with van der Waals surface area (Å²) >= 11 is 5.77. The molecule has 0 fully saturated rings. The van der Waals surface area contributed by atoms with Gasteiger partial charge in [0.05, 0.1) is 12.2 Å². The molecule has 2 aromatic carbocycles. The zero-order valence-electron chi connectivity index (χ0n) is 14.1. The van der Waals surface area contributed by atoms with E-state index >= 15 is 0 Å². The van der Waals surface area contributed by atoms with Gasteiger partial charge < -0.3 is 14.9 Å². The summed E-state index contributed by atoms with van der Waals surface area (Å²) < 4.78 is 58.6. The van der Waals surface area contributed by atoms with Gasteiger partial charge in [0.2, 0.25) is 0 Å². The van der Waals surface area contributed by atoms with Gasteiger partial charge in [0, 0.05) is 11.2 Å². The minimum atomic E-state index is -2.17. The van der Waals surface area contributed by atoms with Crippen molar-refractivity contribution >= 4 is 35.2 Å². The fraction of sp³-hybridized carbons (Fsp3) is 0.111. The molecule has 0 unspecified atom stereocenters. The van der Waals surface area contributed by atoms with E-state index in [4.69, 9.17) is 16.3 Å². The molecular weight excluding hydrogens is 406 g/mol. The highest BCUT2D eigenvalue weighted by Gasteiger charge is 2.25. The summed E-state index contributed by atoms with van der Waals surface area (Å²) in [7, 11) is 0. The summed E-state index contributed by atoms with van der Waals surface area (Å²) in [6, 6.07) is 3.94. The summed E-state index contributed by atoms with van der Waals surface area (Å²) in [5.74, 6) is -10.8. The van der Waals surface area contributed by atoms with E-state index in [0.29, 0.717) is 6.21 Å². The van der Waals surface area contributed by atoms with Gasteiger partial charge in [0.1, 0.15) is 22.8 Å². The van der Waals surface area contributed by atoms with E-state index in [1.807, 2.05) is 0 Å². The van der Waals surface area contributed by atoms with Crippen LogP contribution >= 0.6 is 11.6 Å². The molecule has 10 heteroatoms. The van der Waals surface area contributed by atoms with Crippen molar-refractivity contribution in [1.82, 2.24) is 0 Å². The number of hydrogen-bond donors (Lipinski definition) is 2. The van der Waals surface area contributed by atoms with Crippen LogP contribution in [-0.4, -0.2) is 29.0 Å². The minimum Gasteiger partial charge on any atom is -0.506 e. The van der Waals surface area contributed by atoms with Crippen LogP contribution in [0.15, 0.2) is 34.8 Å². The number of aliphatic imine (C=N–C) groups is 1. The van der Waals surface area contributed by atoms with Crippen LogP contribution < -0.4 is 0 Å². The Hall–Kier alpha value is -3.07. The molecule has 0 spiro atoms. The van der Waals surface area contributed by atoms with E-state index < -0.39 is 46.1 Å². The van der Waals surface area contributed by atoms with E-state index in [-0.39, 0.29) is 29.1 Å². The van der Waals surface area contributed by atoms with Crippen molar-refractivity contribution in [2.75, 3.05) is 6.61 Å². The number of halogens is 5. The number of carbonyl (C=O) groups is 1. The third kappa shape index (κ3) is 4.42. The molecule has 0 radical (unpaired) electrons. The normalized spacial score (nSPS) is 12.2. The Bertz CT molecular complexity index is 992. The van der Waals surface area contributed by atoms with Crippen molar-refractivity contribution in [3.8, 4) is 5.75 Å². The van der Waals surface area contributed by atoms with E-state index in [0.717, 1.165) is 0 Å². The maximum atomic E-state index is 14.0. The lowest BCUT2D eigenvalue weighted by Gasteiger charge is -2.09. The van der Waals surface area contributed by atoms with Crippen LogP contribution in [-0.2, 0) is 9.53 Å². The van der Waals surface area contributed by atoms with Crippen LogP contribution in [0.4, 0.5) is 23.2 Å². The number of nitrogens with zero attached hydrogens (tertiary/aromatic N) is 1. The van der Waals surface area contributed by atoms with Crippen molar-refractivity contribution in [3.05, 3.63) is 63.7 Å². The Kier molecular flexibility index (Phi) is 6.63. The molecule has 2 N–H and O–H groups in total. The molecule has 0 aliphatic heterocycles. The molecule has 0 aliphatic carbocycles. The third-order valence-corrected chi connectivity index (χ3v) is 3.61. The Morgan fingerprint density at radius 3 is 2.50 bits per heavy atom. The molecule has 5 nitrogen and oxygen atoms in total. The molecule has 0 saturated carbocycles. The maximum absolute atomic E-state index is 14.0. The van der Waals surface area contributed by atoms with Crippen LogP contribution in [0.25, 0.3) is 5.76 Å². The molecular formula is C18H12ClF4NO4. The molecule has 28 heavy (non-hydrogen) atoms. The van der Waals surface area contributed by atoms with E-state index in [9.17, 15) is 32.6 Å². The molecule has 0 atom stereocenters. The first-order valence-electron chi connectivity index (χ1n) is 7.63. The van der Waals surface area contributed by atoms with Gasteiger partial charge in [-0.3, -0.25) is 4.99 Å². The lowest BCUT2D eigenvalue weighted by Crippen LogP contribution is -2.12. The molecule has 0 saturated heterocycles. The van der Waals surface area contributed by atoms with Crippen LogP contribution in [0.2, 0.25) is 5.02 Å². The number of hydrogen-bond acceptors (Lipinski definition) is 5. The Labute approximate surface area is 161 Å². The minimum absolute atomic E-state index is 0.126. The number of carbonyl (C=O) groups excluding carboxylic acids is 1. The highest BCUT2D eigenvalue weighted by molar-refractivity contribution is 6.31. The van der Waals surface area contributed by atoms with Gasteiger partial charge in [-0.05, 0) is 31.2 Å². The highest BCUT2D eigenvalue weighted by atomic mass is 35.5. The van der Waals surface area contributed by atoms with Gasteiger partial charge in [-0.15, -0.1) is 0 Å². The molecule has 0 heterocycles. The number of esters is 1.